The number of aromatic nitrogens is 2. The molecule has 3 rings (SSSR count). The van der Waals surface area contributed by atoms with Crippen LogP contribution >= 0.6 is 11.6 Å². The summed E-state index contributed by atoms with van der Waals surface area (Å²) in [5.74, 6) is 1.11. The van der Waals surface area contributed by atoms with Crippen molar-refractivity contribution < 1.29 is 14.2 Å². The Morgan fingerprint density at radius 3 is 2.79 bits per heavy atom. The van der Waals surface area contributed by atoms with Crippen LogP contribution in [0.3, 0.4) is 0 Å². The van der Waals surface area contributed by atoms with Gasteiger partial charge in [0.05, 0.1) is 26.4 Å². The van der Waals surface area contributed by atoms with Crippen LogP contribution in [0.15, 0.2) is 6.07 Å². The summed E-state index contributed by atoms with van der Waals surface area (Å²) in [5.41, 5.74) is 0. The van der Waals surface area contributed by atoms with E-state index in [0.29, 0.717) is 36.8 Å². The number of rotatable bonds is 3. The van der Waals surface area contributed by atoms with Gasteiger partial charge in [-0.25, -0.2) is 4.98 Å². The van der Waals surface area contributed by atoms with E-state index in [9.17, 15) is 0 Å². The van der Waals surface area contributed by atoms with Crippen molar-refractivity contribution in [1.29, 1.82) is 0 Å². The van der Waals surface area contributed by atoms with Crippen molar-refractivity contribution in [2.45, 2.75) is 12.5 Å². The molecule has 2 aliphatic heterocycles. The number of hydrogen-bond donors (Lipinski definition) is 0. The van der Waals surface area contributed by atoms with Gasteiger partial charge in [0, 0.05) is 25.6 Å². The lowest BCUT2D eigenvalue weighted by atomic mass is 10.3. The lowest BCUT2D eigenvalue weighted by molar-refractivity contribution is 0.121. The zero-order valence-electron chi connectivity index (χ0n) is 10.5. The number of morpholine rings is 1. The van der Waals surface area contributed by atoms with E-state index in [0.717, 1.165) is 26.1 Å². The van der Waals surface area contributed by atoms with Gasteiger partial charge in [0.1, 0.15) is 11.3 Å². The van der Waals surface area contributed by atoms with Crippen molar-refractivity contribution in [3.63, 3.8) is 0 Å². The highest BCUT2D eigenvalue weighted by Crippen LogP contribution is 2.22. The summed E-state index contributed by atoms with van der Waals surface area (Å²) in [6.07, 6.45) is 0.942. The fourth-order valence-electron chi connectivity index (χ4n) is 2.13. The number of halogens is 1. The van der Waals surface area contributed by atoms with Crippen molar-refractivity contribution in [1.82, 2.24) is 9.97 Å². The number of anilines is 1. The predicted octanol–water partition coefficient (Wildman–Crippen LogP) is 1.13. The highest BCUT2D eigenvalue weighted by Gasteiger charge is 2.20. The van der Waals surface area contributed by atoms with Gasteiger partial charge in [-0.15, -0.1) is 0 Å². The van der Waals surface area contributed by atoms with Gasteiger partial charge >= 0.3 is 0 Å². The molecule has 0 unspecified atom stereocenters. The average Bonchev–Trinajstić information content (AvgIpc) is 2.92. The molecule has 0 amide bonds. The summed E-state index contributed by atoms with van der Waals surface area (Å²) in [6.45, 7) is 4.25. The molecule has 1 atom stereocenters. The van der Waals surface area contributed by atoms with Gasteiger partial charge in [-0.05, 0) is 0 Å². The Hall–Kier alpha value is -1.11. The van der Waals surface area contributed by atoms with Gasteiger partial charge in [0.2, 0.25) is 11.8 Å². The van der Waals surface area contributed by atoms with Gasteiger partial charge in [0.15, 0.2) is 0 Å². The fraction of sp³-hybridized carbons (Fsp3) is 0.667. The third kappa shape index (κ3) is 3.26. The standard InChI is InChI=1S/C12H16ClN3O3/c13-10-7-11(19-9-1-4-18-8-9)15-12(14-10)16-2-5-17-6-3-16/h7,9H,1-6,8H2/t9-/m1/s1. The molecule has 2 aliphatic rings. The van der Waals surface area contributed by atoms with Crippen LogP contribution in [0.1, 0.15) is 6.42 Å². The summed E-state index contributed by atoms with van der Waals surface area (Å²) >= 11 is 6.03. The molecular formula is C12H16ClN3O3. The second-order valence-electron chi connectivity index (χ2n) is 4.53. The van der Waals surface area contributed by atoms with E-state index in [1.807, 2.05) is 4.90 Å². The summed E-state index contributed by atoms with van der Waals surface area (Å²) in [4.78, 5) is 10.7. The highest BCUT2D eigenvalue weighted by atomic mass is 35.5. The topological polar surface area (TPSA) is 56.7 Å². The van der Waals surface area contributed by atoms with Crippen molar-refractivity contribution >= 4 is 17.5 Å². The molecule has 0 N–H and O–H groups in total. The normalized spacial score (nSPS) is 23.6. The fourth-order valence-corrected chi connectivity index (χ4v) is 2.30. The van der Waals surface area contributed by atoms with Crippen LogP contribution in [0, 0.1) is 0 Å². The van der Waals surface area contributed by atoms with E-state index in [-0.39, 0.29) is 6.10 Å². The Balaban J connectivity index is 1.74. The molecule has 0 saturated carbocycles. The molecule has 0 radical (unpaired) electrons. The first-order chi connectivity index (χ1) is 9.31. The van der Waals surface area contributed by atoms with Gasteiger partial charge in [-0.2, -0.15) is 4.98 Å². The number of hydrogen-bond acceptors (Lipinski definition) is 6. The molecule has 0 spiro atoms. The van der Waals surface area contributed by atoms with Gasteiger partial charge in [-0.3, -0.25) is 0 Å². The molecular weight excluding hydrogens is 270 g/mol. The second kappa shape index (κ2) is 5.90. The van der Waals surface area contributed by atoms with Crippen LogP contribution in [-0.2, 0) is 9.47 Å². The Kier molecular flexibility index (Phi) is 4.00. The van der Waals surface area contributed by atoms with E-state index in [4.69, 9.17) is 25.8 Å². The van der Waals surface area contributed by atoms with Gasteiger partial charge < -0.3 is 19.1 Å². The number of nitrogens with zero attached hydrogens (tertiary/aromatic N) is 3. The zero-order valence-corrected chi connectivity index (χ0v) is 11.3. The SMILES string of the molecule is Clc1cc(O[C@@H]2CCOC2)nc(N2CCOCC2)n1. The first-order valence-corrected chi connectivity index (χ1v) is 6.81. The molecule has 0 aliphatic carbocycles. The summed E-state index contributed by atoms with van der Waals surface area (Å²) in [6, 6.07) is 1.64. The predicted molar refractivity (Wildman–Crippen MR) is 69.9 cm³/mol. The Bertz CT molecular complexity index is 434. The van der Waals surface area contributed by atoms with Gasteiger partial charge in [-0.1, -0.05) is 11.6 Å². The summed E-state index contributed by atoms with van der Waals surface area (Å²) in [7, 11) is 0. The van der Waals surface area contributed by atoms with Crippen LogP contribution in [0.2, 0.25) is 5.15 Å². The van der Waals surface area contributed by atoms with Crippen LogP contribution in [0.5, 0.6) is 5.88 Å². The molecule has 104 valence electrons. The molecule has 1 aromatic rings. The molecule has 0 aromatic carbocycles. The summed E-state index contributed by atoms with van der Waals surface area (Å²) < 4.78 is 16.4. The van der Waals surface area contributed by atoms with Crippen LogP contribution in [0.25, 0.3) is 0 Å². The highest BCUT2D eigenvalue weighted by molar-refractivity contribution is 6.29. The molecule has 2 fully saturated rings. The lowest BCUT2D eigenvalue weighted by Crippen LogP contribution is -2.37. The molecule has 6 nitrogen and oxygen atoms in total. The molecule has 7 heteroatoms. The maximum atomic E-state index is 6.03. The Morgan fingerprint density at radius 1 is 1.21 bits per heavy atom. The lowest BCUT2D eigenvalue weighted by Gasteiger charge is -2.27. The Morgan fingerprint density at radius 2 is 2.05 bits per heavy atom. The third-order valence-corrected chi connectivity index (χ3v) is 3.32. The van der Waals surface area contributed by atoms with E-state index < -0.39 is 0 Å². The minimum absolute atomic E-state index is 0.0588. The molecule has 2 saturated heterocycles. The smallest absolute Gasteiger partial charge is 0.230 e. The quantitative estimate of drug-likeness (QED) is 0.776. The van der Waals surface area contributed by atoms with E-state index in [2.05, 4.69) is 9.97 Å². The van der Waals surface area contributed by atoms with E-state index >= 15 is 0 Å². The maximum absolute atomic E-state index is 6.03. The van der Waals surface area contributed by atoms with Gasteiger partial charge in [0.25, 0.3) is 0 Å². The molecule has 0 bridgehead atoms. The van der Waals surface area contributed by atoms with E-state index in [1.54, 1.807) is 6.07 Å². The monoisotopic (exact) mass is 285 g/mol. The largest absolute Gasteiger partial charge is 0.472 e. The minimum Gasteiger partial charge on any atom is -0.472 e. The van der Waals surface area contributed by atoms with Crippen molar-refractivity contribution in [3.05, 3.63) is 11.2 Å². The second-order valence-corrected chi connectivity index (χ2v) is 4.92. The minimum atomic E-state index is 0.0588. The number of ether oxygens (including phenoxy) is 3. The average molecular weight is 286 g/mol. The van der Waals surface area contributed by atoms with Crippen LogP contribution in [0.4, 0.5) is 5.95 Å². The Labute approximate surface area is 116 Å². The van der Waals surface area contributed by atoms with Crippen LogP contribution in [-0.4, -0.2) is 55.6 Å². The zero-order chi connectivity index (χ0) is 13.1. The third-order valence-electron chi connectivity index (χ3n) is 3.13. The maximum Gasteiger partial charge on any atom is 0.230 e. The first kappa shape index (κ1) is 12.9. The summed E-state index contributed by atoms with van der Waals surface area (Å²) in [5, 5.41) is 0.394. The van der Waals surface area contributed by atoms with Crippen molar-refractivity contribution in [2.75, 3.05) is 44.4 Å². The van der Waals surface area contributed by atoms with E-state index in [1.165, 1.54) is 0 Å². The molecule has 3 heterocycles. The first-order valence-electron chi connectivity index (χ1n) is 6.43. The van der Waals surface area contributed by atoms with Crippen LogP contribution < -0.4 is 9.64 Å². The molecule has 1 aromatic heterocycles. The van der Waals surface area contributed by atoms with Crippen molar-refractivity contribution in [2.24, 2.45) is 0 Å². The van der Waals surface area contributed by atoms with Crippen molar-refractivity contribution in [3.8, 4) is 5.88 Å². The molecule has 19 heavy (non-hydrogen) atoms.